The van der Waals surface area contributed by atoms with Crippen LogP contribution in [0.3, 0.4) is 0 Å². The van der Waals surface area contributed by atoms with Gasteiger partial charge in [0.25, 0.3) is 0 Å². The van der Waals surface area contributed by atoms with Crippen molar-refractivity contribution in [3.63, 3.8) is 0 Å². The Bertz CT molecular complexity index is 155. The molecule has 0 N–H and O–H groups in total. The van der Waals surface area contributed by atoms with E-state index in [1.165, 1.54) is 19.1 Å². The molecule has 0 aromatic rings. The fourth-order valence-electron chi connectivity index (χ4n) is 0.191. The van der Waals surface area contributed by atoms with E-state index in [-0.39, 0.29) is 332 Å². The number of hydrogen-bond donors (Lipinski definition) is 0. The monoisotopic (exact) mass is 1020 g/mol. The van der Waals surface area contributed by atoms with Crippen LogP contribution in [0.5, 0.6) is 0 Å². The average molecular weight is 1020 g/mol. The van der Waals surface area contributed by atoms with Crippen LogP contribution >= 0.6 is 0 Å². The van der Waals surface area contributed by atoms with Crippen molar-refractivity contribution in [3.05, 3.63) is 23.6 Å². The Kier molecular flexibility index (Phi) is 221. The van der Waals surface area contributed by atoms with Crippen molar-refractivity contribution in [2.45, 2.75) is 6.92 Å². The van der Waals surface area contributed by atoms with Crippen LogP contribution < -0.4 is 0 Å². The van der Waals surface area contributed by atoms with Crippen molar-refractivity contribution in [1.29, 1.82) is 0 Å². The molecule has 0 fully saturated rings. The second-order valence-electron chi connectivity index (χ2n) is 1.20. The standard InChI is InChI=1S/C5H7O2S.10Y/c1-3-4-5(2)8(6)7;;;;;;;;;;/h1,3-4H,2H3,(H,6,7);;;;;;;;;;/q-1;;;;;;;;;;/p-1/b5-4-;;;;;;;;;;. The first kappa shape index (κ1) is 70.3. The zero-order chi connectivity index (χ0) is 6.57. The second kappa shape index (κ2) is 56.5. The first-order valence-electron chi connectivity index (χ1n) is 1.99. The molecule has 10 radical (unpaired) electrons. The third-order valence-electron chi connectivity index (χ3n) is 0.594. The summed E-state index contributed by atoms with van der Waals surface area (Å²) in [4.78, 5) is 0.243. The zero-order valence-corrected chi connectivity index (χ0v) is 39.4. The summed E-state index contributed by atoms with van der Waals surface area (Å²) in [5.74, 6) is 0. The van der Waals surface area contributed by atoms with E-state index in [9.17, 15) is 8.76 Å². The Labute approximate surface area is 365 Å². The first-order valence-corrected chi connectivity index (χ1v) is 3.07. The van der Waals surface area contributed by atoms with E-state index in [0.29, 0.717) is 0 Å². The van der Waals surface area contributed by atoms with Gasteiger partial charge in [-0.2, -0.15) is 0 Å². The van der Waals surface area contributed by atoms with E-state index in [1.54, 1.807) is 0 Å². The Morgan fingerprint density at radius 2 is 1.11 bits per heavy atom. The molecule has 0 aromatic heterocycles. The molecule has 0 bridgehead atoms. The fourth-order valence-corrected chi connectivity index (χ4v) is 0.381. The third-order valence-corrected chi connectivity index (χ3v) is 1.26. The minimum atomic E-state index is -2.11. The van der Waals surface area contributed by atoms with Gasteiger partial charge >= 0.3 is 0 Å². The third kappa shape index (κ3) is 56.3. The molecule has 2 nitrogen and oxygen atoms in total. The summed E-state index contributed by atoms with van der Waals surface area (Å²) in [5.41, 5.74) is 0. The van der Waals surface area contributed by atoms with Crippen molar-refractivity contribution in [2.24, 2.45) is 0 Å². The largest absolute Gasteiger partial charge is 0.770 e. The summed E-state index contributed by atoms with van der Waals surface area (Å²) in [7, 11) is 0. The maximum absolute atomic E-state index is 9.95. The molecule has 0 heterocycles. The first-order chi connectivity index (χ1) is 3.68. The van der Waals surface area contributed by atoms with Crippen molar-refractivity contribution >= 4 is 11.1 Å². The van der Waals surface area contributed by atoms with Crippen LogP contribution in [0.2, 0.25) is 0 Å². The number of allylic oxidation sites excluding steroid dienone is 3. The quantitative estimate of drug-likeness (QED) is 0.233. The normalized spacial score (nSPS) is 6.89. The minimum absolute atomic E-state index is 0. The molecule has 0 amide bonds. The SMILES string of the molecule is [CH-]=C/C=C(/C)S(=O)[O-].[Y].[Y].[Y].[Y].[Y].[Y].[Y].[Y].[Y].[Y]. The van der Waals surface area contributed by atoms with Crippen LogP contribution in [-0.2, 0) is 338 Å². The van der Waals surface area contributed by atoms with Gasteiger partial charge in [-0.05, 0) is 18.0 Å². The maximum Gasteiger partial charge on any atom is 0 e. The molecule has 0 aromatic carbocycles. The van der Waals surface area contributed by atoms with Gasteiger partial charge in [-0.1, -0.05) is 4.91 Å². The summed E-state index contributed by atoms with van der Waals surface area (Å²) in [6.45, 7) is 6.36. The Morgan fingerprint density at radius 3 is 1.17 bits per heavy atom. The van der Waals surface area contributed by atoms with Gasteiger partial charge in [-0.3, -0.25) is 10.8 Å². The molecule has 0 rings (SSSR count). The van der Waals surface area contributed by atoms with Crippen LogP contribution in [0.25, 0.3) is 0 Å². The fraction of sp³-hybridized carbons (Fsp3) is 0.200. The molecule has 1 atom stereocenters. The van der Waals surface area contributed by atoms with Gasteiger partial charge < -0.3 is 4.55 Å². The predicted molar refractivity (Wildman–Crippen MR) is 31.5 cm³/mol. The molecule has 0 aliphatic carbocycles. The summed E-state index contributed by atoms with van der Waals surface area (Å²) < 4.78 is 19.9. The van der Waals surface area contributed by atoms with Gasteiger partial charge in [0.15, 0.2) is 0 Å². The van der Waals surface area contributed by atoms with Crippen molar-refractivity contribution in [1.82, 2.24) is 0 Å². The van der Waals surface area contributed by atoms with E-state index < -0.39 is 11.1 Å². The van der Waals surface area contributed by atoms with E-state index in [1.807, 2.05) is 0 Å². The van der Waals surface area contributed by atoms with E-state index >= 15 is 0 Å². The van der Waals surface area contributed by atoms with E-state index in [4.69, 9.17) is 6.58 Å². The van der Waals surface area contributed by atoms with Gasteiger partial charge in [0.1, 0.15) is 0 Å². The van der Waals surface area contributed by atoms with Crippen molar-refractivity contribution in [3.8, 4) is 0 Å². The molecule has 0 aliphatic heterocycles. The van der Waals surface area contributed by atoms with Crippen LogP contribution in [-0.4, -0.2) is 8.76 Å². The Morgan fingerprint density at radius 1 is 0.889 bits per heavy atom. The number of hydrogen-bond acceptors (Lipinski definition) is 2. The molecule has 0 saturated carbocycles. The predicted octanol–water partition coefficient (Wildman–Crippen LogP) is 0.733. The molecule has 0 spiro atoms. The maximum atomic E-state index is 9.95. The van der Waals surface area contributed by atoms with Gasteiger partial charge in [-0.15, -0.1) is 0 Å². The van der Waals surface area contributed by atoms with Gasteiger partial charge in [0.05, 0.1) is 0 Å². The molecule has 1 unspecified atom stereocenters. The molecule has 0 aliphatic rings. The summed E-state index contributed by atoms with van der Waals surface area (Å²) in [6.07, 6.45) is 2.51. The van der Waals surface area contributed by atoms with Gasteiger partial charge in [0, 0.05) is 327 Å². The summed E-state index contributed by atoms with van der Waals surface area (Å²) in [6, 6.07) is 0. The van der Waals surface area contributed by atoms with Crippen LogP contribution in [0.15, 0.2) is 17.1 Å². The molecular weight excluding hydrogens is 1010 g/mol. The minimum Gasteiger partial charge on any atom is -0.770 e. The van der Waals surface area contributed by atoms with E-state index in [2.05, 4.69) is 0 Å². The molecule has 76 valence electrons. The average Bonchev–Trinajstić information content (AvgIpc) is 1.67. The van der Waals surface area contributed by atoms with Crippen molar-refractivity contribution < 1.29 is 336 Å². The zero-order valence-electron chi connectivity index (χ0n) is 10.2. The van der Waals surface area contributed by atoms with Crippen LogP contribution in [0.1, 0.15) is 6.92 Å². The van der Waals surface area contributed by atoms with Crippen molar-refractivity contribution in [2.75, 3.05) is 0 Å². The van der Waals surface area contributed by atoms with Crippen LogP contribution in [0.4, 0.5) is 0 Å². The molecule has 18 heavy (non-hydrogen) atoms. The topological polar surface area (TPSA) is 40.1 Å². The smallest absolute Gasteiger partial charge is 0 e. The Hall–Kier alpha value is 10.6. The summed E-state index contributed by atoms with van der Waals surface area (Å²) in [5, 5.41) is 0. The van der Waals surface area contributed by atoms with Crippen LogP contribution in [0, 0.1) is 6.58 Å². The van der Waals surface area contributed by atoms with Gasteiger partial charge in [-0.25, -0.2) is 12.2 Å². The summed E-state index contributed by atoms with van der Waals surface area (Å²) >= 11 is -2.11. The molecular formula is C5H6O2SY10-2. The molecule has 13 heteroatoms. The number of rotatable bonds is 2. The Balaban J connectivity index is -0.00000000544. The molecule has 0 saturated heterocycles. The van der Waals surface area contributed by atoms with E-state index in [0.717, 1.165) is 0 Å². The second-order valence-corrected chi connectivity index (χ2v) is 2.32. The van der Waals surface area contributed by atoms with Gasteiger partial charge in [0.2, 0.25) is 0 Å².